The number of hydrogen-bond donors (Lipinski definition) is 0. The molecule has 4 heteroatoms. The second kappa shape index (κ2) is 4.85. The van der Waals surface area contributed by atoms with Crippen LogP contribution in [0.25, 0.3) is 11.0 Å². The second-order valence-corrected chi connectivity index (χ2v) is 6.23. The first-order valence-electron chi connectivity index (χ1n) is 7.96. The van der Waals surface area contributed by atoms with Gasteiger partial charge in [0.25, 0.3) is 0 Å². The number of rotatable bonds is 2. The van der Waals surface area contributed by atoms with E-state index < -0.39 is 0 Å². The van der Waals surface area contributed by atoms with Crippen LogP contribution in [0.2, 0.25) is 0 Å². The molecule has 2 aliphatic rings. The smallest absolute Gasteiger partial charge is 0.117 e. The number of hydrogen-bond acceptors (Lipinski definition) is 3. The lowest BCUT2D eigenvalue weighted by atomic mass is 9.87. The predicted molar refractivity (Wildman–Crippen MR) is 79.4 cm³/mol. The number of para-hydroxylation sites is 1. The third-order valence-corrected chi connectivity index (χ3v) is 5.10. The van der Waals surface area contributed by atoms with E-state index in [9.17, 15) is 0 Å². The van der Waals surface area contributed by atoms with Crippen LogP contribution in [0.15, 0.2) is 24.3 Å². The fourth-order valence-corrected chi connectivity index (χ4v) is 4.09. The van der Waals surface area contributed by atoms with Crippen LogP contribution in [0.4, 0.5) is 0 Å². The minimum absolute atomic E-state index is 0.0881. The Hall–Kier alpha value is -1.42. The molecule has 0 unspecified atom stereocenters. The molecular weight excluding hydrogens is 248 g/mol. The van der Waals surface area contributed by atoms with Gasteiger partial charge in [-0.3, -0.25) is 4.90 Å². The Morgan fingerprint density at radius 3 is 2.45 bits per heavy atom. The number of benzene rings is 1. The van der Waals surface area contributed by atoms with Crippen LogP contribution in [0, 0.1) is 0 Å². The Labute approximate surface area is 119 Å². The second-order valence-electron chi connectivity index (χ2n) is 6.23. The van der Waals surface area contributed by atoms with Gasteiger partial charge in [0.05, 0.1) is 5.52 Å². The molecule has 1 aliphatic carbocycles. The molecule has 0 radical (unpaired) electrons. The summed E-state index contributed by atoms with van der Waals surface area (Å²) in [6, 6.07) is 8.38. The van der Waals surface area contributed by atoms with Crippen molar-refractivity contribution in [3.8, 4) is 0 Å². The summed E-state index contributed by atoms with van der Waals surface area (Å²) in [6.45, 7) is 2.43. The summed E-state index contributed by atoms with van der Waals surface area (Å²) in [6.07, 6.45) is 9.08. The maximum Gasteiger partial charge on any atom is 0.117 e. The Morgan fingerprint density at radius 1 is 0.900 bits per heavy atom. The first kappa shape index (κ1) is 12.3. The van der Waals surface area contributed by atoms with Gasteiger partial charge in [-0.05, 0) is 50.7 Å². The molecule has 20 heavy (non-hydrogen) atoms. The van der Waals surface area contributed by atoms with Gasteiger partial charge in [0.15, 0.2) is 0 Å². The highest BCUT2D eigenvalue weighted by atomic mass is 15.5. The van der Waals surface area contributed by atoms with Crippen LogP contribution in [-0.2, 0) is 5.66 Å². The van der Waals surface area contributed by atoms with E-state index in [2.05, 4.69) is 38.1 Å². The molecule has 4 rings (SSSR count). The van der Waals surface area contributed by atoms with Crippen molar-refractivity contribution in [1.82, 2.24) is 19.9 Å². The van der Waals surface area contributed by atoms with Crippen molar-refractivity contribution in [1.29, 1.82) is 0 Å². The van der Waals surface area contributed by atoms with Crippen LogP contribution >= 0.6 is 0 Å². The van der Waals surface area contributed by atoms with E-state index >= 15 is 0 Å². The summed E-state index contributed by atoms with van der Waals surface area (Å²) in [5, 5.41) is 8.96. The lowest BCUT2D eigenvalue weighted by Crippen LogP contribution is -2.51. The molecule has 1 aromatic heterocycles. The quantitative estimate of drug-likeness (QED) is 0.840. The van der Waals surface area contributed by atoms with E-state index in [1.807, 2.05) is 6.07 Å². The van der Waals surface area contributed by atoms with Crippen molar-refractivity contribution in [2.24, 2.45) is 0 Å². The summed E-state index contributed by atoms with van der Waals surface area (Å²) in [5.74, 6) is 0. The summed E-state index contributed by atoms with van der Waals surface area (Å²) in [5.41, 5.74) is 2.31. The number of likely N-dealkylation sites (tertiary alicyclic amines) is 1. The highest BCUT2D eigenvalue weighted by Gasteiger charge is 2.42. The largest absolute Gasteiger partial charge is 0.279 e. The summed E-state index contributed by atoms with van der Waals surface area (Å²) >= 11 is 0. The Kier molecular flexibility index (Phi) is 2.99. The van der Waals surface area contributed by atoms with E-state index in [0.717, 1.165) is 5.52 Å². The van der Waals surface area contributed by atoms with Crippen molar-refractivity contribution < 1.29 is 0 Å². The SMILES string of the molecule is c1ccc2c(c1)nnn2C1(N2CCCC2)CCCCC1. The van der Waals surface area contributed by atoms with Crippen molar-refractivity contribution in [3.05, 3.63) is 24.3 Å². The van der Waals surface area contributed by atoms with E-state index in [4.69, 9.17) is 0 Å². The standard InChI is InChI=1S/C16H22N4/c1-4-10-16(11-5-1,19-12-6-7-13-19)20-15-9-3-2-8-14(15)17-18-20/h2-3,8-9H,1,4-7,10-13H2. The zero-order valence-corrected chi connectivity index (χ0v) is 12.0. The minimum atomic E-state index is 0.0881. The molecule has 2 aromatic rings. The van der Waals surface area contributed by atoms with Gasteiger partial charge in [-0.25, -0.2) is 4.68 Å². The number of aromatic nitrogens is 3. The summed E-state index contributed by atoms with van der Waals surface area (Å²) < 4.78 is 2.24. The molecule has 0 spiro atoms. The monoisotopic (exact) mass is 270 g/mol. The highest BCUT2D eigenvalue weighted by Crippen LogP contribution is 2.40. The Balaban J connectivity index is 1.84. The van der Waals surface area contributed by atoms with Crippen LogP contribution in [0.1, 0.15) is 44.9 Å². The Morgan fingerprint density at radius 2 is 1.65 bits per heavy atom. The van der Waals surface area contributed by atoms with Crippen LogP contribution < -0.4 is 0 Å². The molecule has 2 fully saturated rings. The topological polar surface area (TPSA) is 34.0 Å². The molecule has 0 bridgehead atoms. The summed E-state index contributed by atoms with van der Waals surface area (Å²) in [4.78, 5) is 2.67. The lowest BCUT2D eigenvalue weighted by molar-refractivity contribution is -0.00776. The Bertz CT molecular complexity index is 591. The maximum atomic E-state index is 4.56. The zero-order chi connectivity index (χ0) is 13.4. The van der Waals surface area contributed by atoms with E-state index in [1.54, 1.807) is 0 Å². The third kappa shape index (κ3) is 1.78. The maximum absolute atomic E-state index is 4.56. The van der Waals surface area contributed by atoms with Crippen molar-refractivity contribution in [3.63, 3.8) is 0 Å². The van der Waals surface area contributed by atoms with Gasteiger partial charge in [-0.2, -0.15) is 0 Å². The lowest BCUT2D eigenvalue weighted by Gasteiger charge is -2.44. The van der Waals surface area contributed by atoms with Gasteiger partial charge in [0.1, 0.15) is 11.2 Å². The molecule has 1 aromatic carbocycles. The van der Waals surface area contributed by atoms with Crippen molar-refractivity contribution >= 4 is 11.0 Å². The van der Waals surface area contributed by atoms with E-state index in [0.29, 0.717) is 0 Å². The summed E-state index contributed by atoms with van der Waals surface area (Å²) in [7, 11) is 0. The van der Waals surface area contributed by atoms with Crippen LogP contribution in [0.5, 0.6) is 0 Å². The molecule has 2 heterocycles. The fourth-order valence-electron chi connectivity index (χ4n) is 4.09. The predicted octanol–water partition coefficient (Wildman–Crippen LogP) is 3.14. The van der Waals surface area contributed by atoms with Gasteiger partial charge in [0.2, 0.25) is 0 Å². The average molecular weight is 270 g/mol. The first-order valence-corrected chi connectivity index (χ1v) is 7.96. The van der Waals surface area contributed by atoms with Gasteiger partial charge < -0.3 is 0 Å². The zero-order valence-electron chi connectivity index (χ0n) is 12.0. The highest BCUT2D eigenvalue weighted by molar-refractivity contribution is 5.74. The van der Waals surface area contributed by atoms with Crippen LogP contribution in [0.3, 0.4) is 0 Å². The van der Waals surface area contributed by atoms with Crippen LogP contribution in [-0.4, -0.2) is 33.0 Å². The average Bonchev–Trinajstić information content (AvgIpc) is 3.18. The normalized spacial score (nSPS) is 23.4. The van der Waals surface area contributed by atoms with Gasteiger partial charge in [-0.1, -0.05) is 23.8 Å². The number of fused-ring (bicyclic) bond motifs is 1. The minimum Gasteiger partial charge on any atom is -0.279 e. The molecule has 0 atom stereocenters. The van der Waals surface area contributed by atoms with Gasteiger partial charge in [0, 0.05) is 13.1 Å². The molecule has 1 saturated heterocycles. The molecule has 0 N–H and O–H groups in total. The van der Waals surface area contributed by atoms with Gasteiger partial charge >= 0.3 is 0 Å². The molecule has 1 aliphatic heterocycles. The van der Waals surface area contributed by atoms with Crippen molar-refractivity contribution in [2.45, 2.75) is 50.6 Å². The third-order valence-electron chi connectivity index (χ3n) is 5.10. The van der Waals surface area contributed by atoms with Gasteiger partial charge in [-0.15, -0.1) is 5.10 Å². The molecule has 106 valence electrons. The first-order chi connectivity index (χ1) is 9.90. The molecule has 0 amide bonds. The van der Waals surface area contributed by atoms with E-state index in [-0.39, 0.29) is 5.66 Å². The molecular formula is C16H22N4. The number of nitrogens with zero attached hydrogens (tertiary/aromatic N) is 4. The molecule has 4 nitrogen and oxygen atoms in total. The molecule has 1 saturated carbocycles. The fraction of sp³-hybridized carbons (Fsp3) is 0.625. The van der Waals surface area contributed by atoms with Crippen molar-refractivity contribution in [2.75, 3.05) is 13.1 Å². The van der Waals surface area contributed by atoms with E-state index in [1.165, 1.54) is 63.6 Å².